The van der Waals surface area contributed by atoms with Crippen molar-refractivity contribution in [1.82, 2.24) is 5.32 Å². The first-order chi connectivity index (χ1) is 12.4. The number of nitrogens with one attached hydrogen (secondary N) is 3. The molecule has 0 aliphatic heterocycles. The van der Waals surface area contributed by atoms with Gasteiger partial charge in [-0.15, -0.1) is 0 Å². The van der Waals surface area contributed by atoms with Crippen LogP contribution in [0.4, 0.5) is 16.2 Å². The molecule has 3 aromatic rings. The first kappa shape index (κ1) is 17.5. The predicted molar refractivity (Wildman–Crippen MR) is 102 cm³/mol. The lowest BCUT2D eigenvalue weighted by atomic mass is 10.2. The van der Waals surface area contributed by atoms with Gasteiger partial charge in [0.25, 0.3) is 0 Å². The van der Waals surface area contributed by atoms with Crippen LogP contribution in [0, 0.1) is 6.92 Å². The van der Waals surface area contributed by atoms with Crippen molar-refractivity contribution in [1.29, 1.82) is 0 Å². The van der Waals surface area contributed by atoms with Gasteiger partial charge >= 0.3 is 6.03 Å². The molecule has 2 aromatic carbocycles. The van der Waals surface area contributed by atoms with Gasteiger partial charge < -0.3 is 20.4 Å². The van der Waals surface area contributed by atoms with Gasteiger partial charge in [0.2, 0.25) is 5.91 Å². The number of urea groups is 1. The van der Waals surface area contributed by atoms with E-state index in [1.54, 1.807) is 12.1 Å². The average molecular weight is 351 g/mol. The molecule has 0 saturated carbocycles. The highest BCUT2D eigenvalue weighted by Gasteiger charge is 2.15. The molecular formula is C20H21N3O3. The van der Waals surface area contributed by atoms with Crippen LogP contribution in [0.25, 0.3) is 11.0 Å². The third-order valence-electron chi connectivity index (χ3n) is 4.03. The van der Waals surface area contributed by atoms with E-state index >= 15 is 0 Å². The third-order valence-corrected chi connectivity index (χ3v) is 4.03. The molecule has 134 valence electrons. The first-order valence-electron chi connectivity index (χ1n) is 8.36. The maximum absolute atomic E-state index is 12.3. The highest BCUT2D eigenvalue weighted by atomic mass is 16.3. The lowest BCUT2D eigenvalue weighted by Gasteiger charge is -2.14. The van der Waals surface area contributed by atoms with Crippen LogP contribution >= 0.6 is 0 Å². The molecule has 3 rings (SSSR count). The zero-order chi connectivity index (χ0) is 18.7. The number of amides is 3. The molecule has 3 amide bonds. The Morgan fingerprint density at radius 1 is 1.04 bits per heavy atom. The summed E-state index contributed by atoms with van der Waals surface area (Å²) in [5, 5.41) is 9.37. The number of fused-ring (bicyclic) bond motifs is 1. The number of hydrogen-bond acceptors (Lipinski definition) is 3. The Balaban J connectivity index is 1.69. The van der Waals surface area contributed by atoms with Crippen molar-refractivity contribution in [2.75, 3.05) is 10.6 Å². The van der Waals surface area contributed by atoms with Gasteiger partial charge in [-0.3, -0.25) is 4.79 Å². The number of carbonyl (C=O) groups excluding carboxylic acids is 2. The largest absolute Gasteiger partial charge is 0.459 e. The molecule has 3 N–H and O–H groups in total. The van der Waals surface area contributed by atoms with E-state index in [1.807, 2.05) is 50.2 Å². The van der Waals surface area contributed by atoms with Gasteiger partial charge in [-0.25, -0.2) is 4.79 Å². The number of aryl methyl sites for hydroxylation is 1. The van der Waals surface area contributed by atoms with E-state index < -0.39 is 0 Å². The highest BCUT2D eigenvalue weighted by Crippen LogP contribution is 2.24. The summed E-state index contributed by atoms with van der Waals surface area (Å²) in [6, 6.07) is 14.3. The number of hydrogen-bond donors (Lipinski definition) is 3. The molecule has 6 heteroatoms. The van der Waals surface area contributed by atoms with Crippen molar-refractivity contribution in [3.05, 3.63) is 59.9 Å². The molecule has 1 unspecified atom stereocenters. The van der Waals surface area contributed by atoms with Crippen LogP contribution in [0.5, 0.6) is 0 Å². The molecule has 0 spiro atoms. The molecule has 0 aliphatic carbocycles. The van der Waals surface area contributed by atoms with Crippen LogP contribution in [0.1, 0.15) is 31.2 Å². The van der Waals surface area contributed by atoms with Gasteiger partial charge in [-0.1, -0.05) is 24.3 Å². The van der Waals surface area contributed by atoms with Gasteiger partial charge in [0.15, 0.2) is 0 Å². The summed E-state index contributed by atoms with van der Waals surface area (Å²) in [5.74, 6) is 0.521. The second-order valence-electron chi connectivity index (χ2n) is 6.22. The SMILES string of the molecule is CC(=O)Nc1ccc(C)c(NC(=O)NC(C)c2cc3ccccc3o2)c1. The second kappa shape index (κ2) is 7.31. The van der Waals surface area contributed by atoms with Crippen molar-refractivity contribution >= 4 is 34.3 Å². The number of furan rings is 1. The molecular weight excluding hydrogens is 330 g/mol. The minimum Gasteiger partial charge on any atom is -0.459 e. The summed E-state index contributed by atoms with van der Waals surface area (Å²) in [6.07, 6.45) is 0. The third kappa shape index (κ3) is 4.03. The van der Waals surface area contributed by atoms with Gasteiger partial charge in [0.05, 0.1) is 6.04 Å². The molecule has 0 bridgehead atoms. The Kier molecular flexibility index (Phi) is 4.93. The van der Waals surface area contributed by atoms with Crippen LogP contribution in [0.2, 0.25) is 0 Å². The number of carbonyl (C=O) groups is 2. The number of para-hydroxylation sites is 1. The molecule has 1 heterocycles. The Morgan fingerprint density at radius 2 is 1.81 bits per heavy atom. The van der Waals surface area contributed by atoms with Crippen molar-refractivity contribution in [3.63, 3.8) is 0 Å². The second-order valence-corrected chi connectivity index (χ2v) is 6.22. The summed E-state index contributed by atoms with van der Waals surface area (Å²) < 4.78 is 5.78. The highest BCUT2D eigenvalue weighted by molar-refractivity contribution is 5.93. The minimum atomic E-state index is -0.346. The molecule has 0 fully saturated rings. The van der Waals surface area contributed by atoms with E-state index in [0.29, 0.717) is 17.1 Å². The van der Waals surface area contributed by atoms with Gasteiger partial charge in [0, 0.05) is 23.7 Å². The fraction of sp³-hybridized carbons (Fsp3) is 0.200. The first-order valence-corrected chi connectivity index (χ1v) is 8.36. The van der Waals surface area contributed by atoms with Crippen molar-refractivity contribution in [3.8, 4) is 0 Å². The fourth-order valence-electron chi connectivity index (χ4n) is 2.68. The van der Waals surface area contributed by atoms with E-state index in [2.05, 4.69) is 16.0 Å². The van der Waals surface area contributed by atoms with Crippen LogP contribution in [0.3, 0.4) is 0 Å². The van der Waals surface area contributed by atoms with Crippen LogP contribution < -0.4 is 16.0 Å². The topological polar surface area (TPSA) is 83.4 Å². The van der Waals surface area contributed by atoms with Crippen LogP contribution in [0.15, 0.2) is 52.9 Å². The van der Waals surface area contributed by atoms with E-state index in [-0.39, 0.29) is 18.0 Å². The molecule has 1 atom stereocenters. The van der Waals surface area contributed by atoms with Gasteiger partial charge in [0.1, 0.15) is 11.3 Å². The lowest BCUT2D eigenvalue weighted by Crippen LogP contribution is -2.31. The molecule has 1 aromatic heterocycles. The quantitative estimate of drug-likeness (QED) is 0.643. The number of rotatable bonds is 4. The molecule has 6 nitrogen and oxygen atoms in total. The van der Waals surface area contributed by atoms with Crippen molar-refractivity contribution in [2.24, 2.45) is 0 Å². The Morgan fingerprint density at radius 3 is 2.54 bits per heavy atom. The smallest absolute Gasteiger partial charge is 0.319 e. The summed E-state index contributed by atoms with van der Waals surface area (Å²) in [6.45, 7) is 5.18. The van der Waals surface area contributed by atoms with E-state index in [1.165, 1.54) is 6.92 Å². The predicted octanol–water partition coefficient (Wildman–Crippen LogP) is 4.58. The standard InChI is InChI=1S/C20H21N3O3/c1-12-8-9-16(22-14(3)24)11-17(12)23-20(25)21-13(2)19-10-15-6-4-5-7-18(15)26-19/h4-11,13H,1-3H3,(H,22,24)(H2,21,23,25). The molecule has 0 radical (unpaired) electrons. The fourth-order valence-corrected chi connectivity index (χ4v) is 2.68. The molecule has 0 aliphatic rings. The summed E-state index contributed by atoms with van der Waals surface area (Å²) >= 11 is 0. The lowest BCUT2D eigenvalue weighted by molar-refractivity contribution is -0.114. The average Bonchev–Trinajstić information content (AvgIpc) is 3.01. The molecule has 26 heavy (non-hydrogen) atoms. The Hall–Kier alpha value is -3.28. The van der Waals surface area contributed by atoms with Gasteiger partial charge in [-0.2, -0.15) is 0 Å². The summed E-state index contributed by atoms with van der Waals surface area (Å²) in [7, 11) is 0. The number of anilines is 2. The number of benzene rings is 2. The van der Waals surface area contributed by atoms with E-state index in [9.17, 15) is 9.59 Å². The maximum atomic E-state index is 12.3. The van der Waals surface area contributed by atoms with Crippen molar-refractivity contribution < 1.29 is 14.0 Å². The summed E-state index contributed by atoms with van der Waals surface area (Å²) in [4.78, 5) is 23.5. The maximum Gasteiger partial charge on any atom is 0.319 e. The van der Waals surface area contributed by atoms with Crippen LogP contribution in [-0.4, -0.2) is 11.9 Å². The Bertz CT molecular complexity index is 929. The zero-order valence-electron chi connectivity index (χ0n) is 14.9. The molecule has 0 saturated heterocycles. The Labute approximate surface area is 151 Å². The van der Waals surface area contributed by atoms with Crippen LogP contribution in [-0.2, 0) is 4.79 Å². The monoisotopic (exact) mass is 351 g/mol. The van der Waals surface area contributed by atoms with E-state index in [0.717, 1.165) is 16.5 Å². The van der Waals surface area contributed by atoms with E-state index in [4.69, 9.17) is 4.42 Å². The summed E-state index contributed by atoms with van der Waals surface area (Å²) in [5.41, 5.74) is 2.94. The van der Waals surface area contributed by atoms with Crippen molar-refractivity contribution in [2.45, 2.75) is 26.8 Å². The minimum absolute atomic E-state index is 0.164. The zero-order valence-corrected chi connectivity index (χ0v) is 14.9. The van der Waals surface area contributed by atoms with Gasteiger partial charge in [-0.05, 0) is 43.7 Å². The normalized spacial score (nSPS) is 11.8.